The van der Waals surface area contributed by atoms with E-state index in [-0.39, 0.29) is 18.9 Å². The molecular formula is C27H25IN2O5. The van der Waals surface area contributed by atoms with Crippen LogP contribution in [0.25, 0.3) is 11.1 Å². The Balaban J connectivity index is 1.42. The first-order valence-electron chi connectivity index (χ1n) is 11.3. The molecule has 0 fully saturated rings. The summed E-state index contributed by atoms with van der Waals surface area (Å²) in [6, 6.07) is 20.7. The van der Waals surface area contributed by atoms with Crippen molar-refractivity contribution in [1.29, 1.82) is 0 Å². The Morgan fingerprint density at radius 1 is 1.00 bits per heavy atom. The first-order valence-corrected chi connectivity index (χ1v) is 12.4. The quantitative estimate of drug-likeness (QED) is 0.298. The lowest BCUT2D eigenvalue weighted by Crippen LogP contribution is -2.36. The molecule has 0 saturated heterocycles. The first-order chi connectivity index (χ1) is 16.9. The highest BCUT2D eigenvalue weighted by Gasteiger charge is 2.29. The molecule has 0 aromatic heterocycles. The number of aliphatic carboxylic acids is 1. The minimum absolute atomic E-state index is 0.0504. The molecule has 3 N–H and O–H groups in total. The van der Waals surface area contributed by atoms with Gasteiger partial charge in [0.05, 0.1) is 6.42 Å². The molecule has 0 heterocycles. The Hall–Kier alpha value is -3.40. The van der Waals surface area contributed by atoms with Crippen molar-refractivity contribution in [3.05, 3.63) is 87.0 Å². The van der Waals surface area contributed by atoms with E-state index in [4.69, 9.17) is 9.84 Å². The van der Waals surface area contributed by atoms with E-state index in [1.165, 1.54) is 0 Å². The summed E-state index contributed by atoms with van der Waals surface area (Å²) in [5.74, 6) is -1.42. The second kappa shape index (κ2) is 10.9. The van der Waals surface area contributed by atoms with Crippen molar-refractivity contribution >= 4 is 46.2 Å². The van der Waals surface area contributed by atoms with Crippen LogP contribution in [0.3, 0.4) is 0 Å². The molecule has 4 rings (SSSR count). The van der Waals surface area contributed by atoms with Gasteiger partial charge in [0.15, 0.2) is 0 Å². The number of carbonyl (C=O) groups is 3. The van der Waals surface area contributed by atoms with Crippen LogP contribution in [0.4, 0.5) is 10.5 Å². The number of rotatable bonds is 8. The van der Waals surface area contributed by atoms with Gasteiger partial charge in [0.1, 0.15) is 6.61 Å². The monoisotopic (exact) mass is 584 g/mol. The van der Waals surface area contributed by atoms with Crippen LogP contribution in [0.2, 0.25) is 0 Å². The number of halogens is 1. The van der Waals surface area contributed by atoms with E-state index in [1.807, 2.05) is 31.2 Å². The third-order valence-electron chi connectivity index (χ3n) is 6.00. The molecule has 0 saturated carbocycles. The first kappa shape index (κ1) is 24.7. The summed E-state index contributed by atoms with van der Waals surface area (Å²) in [5.41, 5.74) is 5.31. The van der Waals surface area contributed by atoms with Gasteiger partial charge >= 0.3 is 12.1 Å². The summed E-state index contributed by atoms with van der Waals surface area (Å²) in [6.07, 6.45) is -0.276. The van der Waals surface area contributed by atoms with Gasteiger partial charge < -0.3 is 15.2 Å². The molecule has 0 spiro atoms. The lowest BCUT2D eigenvalue weighted by molar-refractivity contribution is -0.137. The second-order valence-electron chi connectivity index (χ2n) is 8.36. The van der Waals surface area contributed by atoms with Crippen molar-refractivity contribution in [2.24, 2.45) is 0 Å². The molecule has 1 unspecified atom stereocenters. The van der Waals surface area contributed by atoms with Crippen molar-refractivity contribution in [3.8, 4) is 11.1 Å². The summed E-state index contributed by atoms with van der Waals surface area (Å²) in [5, 5.41) is 14.5. The smallest absolute Gasteiger partial charge is 0.411 e. The van der Waals surface area contributed by atoms with Crippen LogP contribution in [0.15, 0.2) is 66.7 Å². The molecule has 0 radical (unpaired) electrons. The molecule has 180 valence electrons. The van der Waals surface area contributed by atoms with Crippen LogP contribution >= 0.6 is 22.6 Å². The van der Waals surface area contributed by atoms with Gasteiger partial charge in [-0.3, -0.25) is 14.9 Å². The predicted octanol–water partition coefficient (Wildman–Crippen LogP) is 5.64. The maximum Gasteiger partial charge on any atom is 0.411 e. The van der Waals surface area contributed by atoms with Crippen LogP contribution < -0.4 is 10.6 Å². The molecule has 1 aliphatic rings. The number of amides is 2. The van der Waals surface area contributed by atoms with Crippen LogP contribution in [0.1, 0.15) is 47.2 Å². The Kier molecular flexibility index (Phi) is 7.70. The van der Waals surface area contributed by atoms with Gasteiger partial charge in [0, 0.05) is 26.8 Å². The summed E-state index contributed by atoms with van der Waals surface area (Å²) in [6.45, 7) is 2.00. The average molecular weight is 584 g/mol. The molecule has 3 aromatic carbocycles. The molecule has 7 nitrogen and oxygen atoms in total. The van der Waals surface area contributed by atoms with E-state index in [9.17, 15) is 14.4 Å². The zero-order chi connectivity index (χ0) is 24.9. The van der Waals surface area contributed by atoms with Crippen molar-refractivity contribution in [1.82, 2.24) is 5.32 Å². The maximum absolute atomic E-state index is 12.7. The van der Waals surface area contributed by atoms with E-state index < -0.39 is 24.0 Å². The van der Waals surface area contributed by atoms with Gasteiger partial charge in [-0.05, 0) is 69.5 Å². The number of benzene rings is 3. The number of nitrogens with one attached hydrogen (secondary N) is 2. The highest BCUT2D eigenvalue weighted by molar-refractivity contribution is 14.1. The Morgan fingerprint density at radius 3 is 2.23 bits per heavy atom. The Bertz CT molecular complexity index is 1230. The fourth-order valence-corrected chi connectivity index (χ4v) is 4.99. The Labute approximate surface area is 217 Å². The molecule has 35 heavy (non-hydrogen) atoms. The zero-order valence-corrected chi connectivity index (χ0v) is 21.2. The van der Waals surface area contributed by atoms with Crippen LogP contribution in [-0.4, -0.2) is 35.7 Å². The molecule has 8 heteroatoms. The topological polar surface area (TPSA) is 105 Å². The molecule has 3 aromatic rings. The van der Waals surface area contributed by atoms with Gasteiger partial charge in [-0.15, -0.1) is 0 Å². The molecule has 2 amide bonds. The Morgan fingerprint density at radius 2 is 1.63 bits per heavy atom. The van der Waals surface area contributed by atoms with Crippen molar-refractivity contribution in [3.63, 3.8) is 0 Å². The summed E-state index contributed by atoms with van der Waals surface area (Å²) in [7, 11) is 0. The molecule has 1 atom stereocenters. The van der Waals surface area contributed by atoms with Crippen LogP contribution in [-0.2, 0) is 9.53 Å². The number of carboxylic acids is 1. The minimum atomic E-state index is -0.975. The average Bonchev–Trinajstić information content (AvgIpc) is 3.15. The number of carboxylic acid groups (broad SMARTS) is 1. The van der Waals surface area contributed by atoms with E-state index in [1.54, 1.807) is 18.2 Å². The summed E-state index contributed by atoms with van der Waals surface area (Å²) >= 11 is 2.06. The van der Waals surface area contributed by atoms with Crippen molar-refractivity contribution in [2.45, 2.75) is 31.7 Å². The van der Waals surface area contributed by atoms with E-state index in [0.29, 0.717) is 17.7 Å². The van der Waals surface area contributed by atoms with Gasteiger partial charge in [-0.1, -0.05) is 55.5 Å². The van der Waals surface area contributed by atoms with Gasteiger partial charge in [0.25, 0.3) is 5.91 Å². The fourth-order valence-electron chi connectivity index (χ4n) is 4.32. The largest absolute Gasteiger partial charge is 0.481 e. The minimum Gasteiger partial charge on any atom is -0.481 e. The standard InChI is InChI=1S/C27H25IN2O5/c1-2-18(14-25(31)32)29-26(33)16-11-17(28)13-19(12-16)30-27(34)35-15-24-22-9-5-3-7-20(22)21-8-4-6-10-23(21)24/h3-13,18,24H,2,14-15H2,1H3,(H,29,33)(H,30,34)(H,31,32). The third-order valence-corrected chi connectivity index (χ3v) is 6.62. The lowest BCUT2D eigenvalue weighted by Gasteiger charge is -2.16. The number of hydrogen-bond donors (Lipinski definition) is 3. The second-order valence-corrected chi connectivity index (χ2v) is 9.60. The lowest BCUT2D eigenvalue weighted by atomic mass is 9.98. The number of hydrogen-bond acceptors (Lipinski definition) is 4. The zero-order valence-electron chi connectivity index (χ0n) is 19.1. The normalized spacial score (nSPS) is 12.9. The number of anilines is 1. The van der Waals surface area contributed by atoms with Crippen LogP contribution in [0.5, 0.6) is 0 Å². The SMILES string of the molecule is CCC(CC(=O)O)NC(=O)c1cc(I)cc(NC(=O)OCC2c3ccccc3-c3ccccc32)c1. The van der Waals surface area contributed by atoms with Gasteiger partial charge in [0.2, 0.25) is 0 Å². The number of fused-ring (bicyclic) bond motifs is 3. The molecular weight excluding hydrogens is 559 g/mol. The predicted molar refractivity (Wildman–Crippen MR) is 142 cm³/mol. The third kappa shape index (κ3) is 5.82. The highest BCUT2D eigenvalue weighted by Crippen LogP contribution is 2.44. The van der Waals surface area contributed by atoms with Crippen molar-refractivity contribution in [2.75, 3.05) is 11.9 Å². The fraction of sp³-hybridized carbons (Fsp3) is 0.222. The highest BCUT2D eigenvalue weighted by atomic mass is 127. The van der Waals surface area contributed by atoms with Crippen LogP contribution in [0, 0.1) is 3.57 Å². The van der Waals surface area contributed by atoms with Crippen molar-refractivity contribution < 1.29 is 24.2 Å². The van der Waals surface area contributed by atoms with Gasteiger partial charge in [-0.2, -0.15) is 0 Å². The summed E-state index contributed by atoms with van der Waals surface area (Å²) in [4.78, 5) is 36.3. The number of carbonyl (C=O) groups excluding carboxylic acids is 2. The van der Waals surface area contributed by atoms with Gasteiger partial charge in [-0.25, -0.2) is 4.79 Å². The maximum atomic E-state index is 12.7. The summed E-state index contributed by atoms with van der Waals surface area (Å²) < 4.78 is 6.34. The molecule has 1 aliphatic carbocycles. The molecule has 0 bridgehead atoms. The molecule has 0 aliphatic heterocycles. The number of ether oxygens (including phenoxy) is 1. The van der Waals surface area contributed by atoms with E-state index in [2.05, 4.69) is 57.5 Å². The van der Waals surface area contributed by atoms with E-state index >= 15 is 0 Å². The van der Waals surface area contributed by atoms with E-state index in [0.717, 1.165) is 25.8 Å².